The van der Waals surface area contributed by atoms with Gasteiger partial charge in [0.25, 0.3) is 0 Å². The molecule has 2 aromatic rings. The van der Waals surface area contributed by atoms with Gasteiger partial charge in [-0.1, -0.05) is 48.6 Å². The highest BCUT2D eigenvalue weighted by molar-refractivity contribution is 6.11. The average Bonchev–Trinajstić information content (AvgIpc) is 3.45. The zero-order chi connectivity index (χ0) is 21.1. The van der Waals surface area contributed by atoms with Crippen LogP contribution in [0.25, 0.3) is 5.57 Å². The normalized spacial score (nSPS) is 17.0. The van der Waals surface area contributed by atoms with Gasteiger partial charge in [0.1, 0.15) is 0 Å². The number of fused-ring (bicyclic) bond motifs is 1. The first kappa shape index (κ1) is 20.2. The lowest BCUT2D eigenvalue weighted by Gasteiger charge is -2.18. The summed E-state index contributed by atoms with van der Waals surface area (Å²) >= 11 is 0. The summed E-state index contributed by atoms with van der Waals surface area (Å²) in [6.07, 6.45) is 8.25. The Balaban J connectivity index is 1.70. The summed E-state index contributed by atoms with van der Waals surface area (Å²) in [7, 11) is 0. The highest BCUT2D eigenvalue weighted by Crippen LogP contribution is 2.52. The number of carbonyl (C=O) groups excluding carboxylic acids is 1. The topological polar surface area (TPSA) is 61.6 Å². The molecule has 0 aromatic heterocycles. The van der Waals surface area contributed by atoms with E-state index in [9.17, 15) is 4.79 Å². The molecule has 4 heteroatoms. The lowest BCUT2D eigenvalue weighted by Crippen LogP contribution is -2.22. The van der Waals surface area contributed by atoms with Crippen LogP contribution in [0.3, 0.4) is 0 Å². The highest BCUT2D eigenvalue weighted by atomic mass is 16.7. The van der Waals surface area contributed by atoms with Crippen LogP contribution < -0.4 is 15.2 Å². The average molecular weight is 402 g/mol. The van der Waals surface area contributed by atoms with E-state index >= 15 is 0 Å². The quantitative estimate of drug-likeness (QED) is 0.394. The molecule has 154 valence electrons. The third-order valence-electron chi connectivity index (χ3n) is 5.92. The maximum Gasteiger partial charge on any atom is 0.231 e. The second kappa shape index (κ2) is 8.33. The van der Waals surface area contributed by atoms with E-state index in [0.717, 1.165) is 47.3 Å². The number of benzene rings is 2. The molecule has 0 unspecified atom stereocenters. The third kappa shape index (κ3) is 3.71. The summed E-state index contributed by atoms with van der Waals surface area (Å²) in [5.41, 5.74) is 10.1. The summed E-state index contributed by atoms with van der Waals surface area (Å²) in [6.45, 7) is 6.37. The Labute approximate surface area is 177 Å². The van der Waals surface area contributed by atoms with Gasteiger partial charge in [-0.2, -0.15) is 0 Å². The molecule has 1 fully saturated rings. The lowest BCUT2D eigenvalue weighted by atomic mass is 9.84. The Kier molecular flexibility index (Phi) is 5.60. The SMILES string of the molecule is C=CCc1ccc(C(/C=C\CN)=C(C)C(=O)C2(c3ccc4c(c3)OCO4)CC2)cc1. The summed E-state index contributed by atoms with van der Waals surface area (Å²) in [5.74, 6) is 1.61. The van der Waals surface area contributed by atoms with Crippen molar-refractivity contribution in [1.29, 1.82) is 0 Å². The smallest absolute Gasteiger partial charge is 0.231 e. The van der Waals surface area contributed by atoms with Crippen molar-refractivity contribution in [3.05, 3.63) is 89.5 Å². The molecule has 30 heavy (non-hydrogen) atoms. The number of ether oxygens (including phenoxy) is 2. The zero-order valence-corrected chi connectivity index (χ0v) is 17.3. The molecule has 0 amide bonds. The second-order valence-electron chi connectivity index (χ2n) is 7.85. The van der Waals surface area contributed by atoms with Gasteiger partial charge in [-0.15, -0.1) is 6.58 Å². The lowest BCUT2D eigenvalue weighted by molar-refractivity contribution is -0.117. The maximum atomic E-state index is 13.7. The number of nitrogens with two attached hydrogens (primary N) is 1. The predicted molar refractivity (Wildman–Crippen MR) is 120 cm³/mol. The van der Waals surface area contributed by atoms with Gasteiger partial charge in [-0.05, 0) is 60.6 Å². The van der Waals surface area contributed by atoms with Crippen molar-refractivity contribution in [2.24, 2.45) is 5.73 Å². The van der Waals surface area contributed by atoms with Crippen molar-refractivity contribution in [1.82, 2.24) is 0 Å². The van der Waals surface area contributed by atoms with Crippen LogP contribution in [-0.4, -0.2) is 19.1 Å². The van der Waals surface area contributed by atoms with E-state index in [2.05, 4.69) is 30.8 Å². The van der Waals surface area contributed by atoms with Crippen LogP contribution in [0.15, 0.2) is 72.8 Å². The number of allylic oxidation sites excluding steroid dienone is 4. The summed E-state index contributed by atoms with van der Waals surface area (Å²) in [4.78, 5) is 13.7. The number of hydrogen-bond donors (Lipinski definition) is 1. The van der Waals surface area contributed by atoms with Gasteiger partial charge < -0.3 is 15.2 Å². The summed E-state index contributed by atoms with van der Waals surface area (Å²) in [5, 5.41) is 0. The van der Waals surface area contributed by atoms with Crippen LogP contribution in [0, 0.1) is 0 Å². The molecule has 1 heterocycles. The van der Waals surface area contributed by atoms with Crippen LogP contribution in [0.5, 0.6) is 11.5 Å². The maximum absolute atomic E-state index is 13.7. The van der Waals surface area contributed by atoms with Crippen molar-refractivity contribution in [2.75, 3.05) is 13.3 Å². The largest absolute Gasteiger partial charge is 0.454 e. The zero-order valence-electron chi connectivity index (χ0n) is 17.3. The Morgan fingerprint density at radius 3 is 2.53 bits per heavy atom. The first-order valence-corrected chi connectivity index (χ1v) is 10.3. The summed E-state index contributed by atoms with van der Waals surface area (Å²) in [6, 6.07) is 14.1. The minimum absolute atomic E-state index is 0.160. The molecule has 0 atom stereocenters. The molecule has 1 saturated carbocycles. The van der Waals surface area contributed by atoms with Crippen LogP contribution >= 0.6 is 0 Å². The Morgan fingerprint density at radius 2 is 1.87 bits per heavy atom. The Bertz CT molecular complexity index is 1030. The Morgan fingerprint density at radius 1 is 1.13 bits per heavy atom. The number of hydrogen-bond acceptors (Lipinski definition) is 4. The van der Waals surface area contributed by atoms with Crippen molar-refractivity contribution in [3.63, 3.8) is 0 Å². The van der Waals surface area contributed by atoms with Crippen LogP contribution in [0.2, 0.25) is 0 Å². The van der Waals surface area contributed by atoms with Gasteiger partial charge >= 0.3 is 0 Å². The van der Waals surface area contributed by atoms with Crippen molar-refractivity contribution in [3.8, 4) is 11.5 Å². The first-order valence-electron chi connectivity index (χ1n) is 10.3. The standard InChI is InChI=1S/C26H27NO3/c1-3-5-19-7-9-20(10-8-19)22(6-4-15-27)18(2)25(28)26(13-14-26)21-11-12-23-24(16-21)30-17-29-23/h3-4,6-12,16H,1,5,13-15,17,27H2,2H3/b6-4-,22-18?. The molecule has 0 bridgehead atoms. The van der Waals surface area contributed by atoms with E-state index in [1.165, 1.54) is 5.56 Å². The van der Waals surface area contributed by atoms with E-state index in [-0.39, 0.29) is 12.6 Å². The van der Waals surface area contributed by atoms with Gasteiger partial charge in [-0.25, -0.2) is 0 Å². The van der Waals surface area contributed by atoms with E-state index in [4.69, 9.17) is 15.2 Å². The molecule has 2 N–H and O–H groups in total. The van der Waals surface area contributed by atoms with Gasteiger partial charge in [0.15, 0.2) is 17.3 Å². The molecule has 2 aliphatic rings. The van der Waals surface area contributed by atoms with E-state index in [0.29, 0.717) is 12.3 Å². The van der Waals surface area contributed by atoms with Crippen molar-refractivity contribution < 1.29 is 14.3 Å². The van der Waals surface area contributed by atoms with Crippen LogP contribution in [0.4, 0.5) is 0 Å². The number of carbonyl (C=O) groups is 1. The van der Waals surface area contributed by atoms with E-state index in [1.54, 1.807) is 0 Å². The molecular weight excluding hydrogens is 374 g/mol. The fourth-order valence-electron chi connectivity index (χ4n) is 4.06. The molecule has 1 aliphatic heterocycles. The van der Waals surface area contributed by atoms with Gasteiger partial charge in [0.2, 0.25) is 6.79 Å². The van der Waals surface area contributed by atoms with E-state index in [1.807, 2.05) is 43.4 Å². The second-order valence-corrected chi connectivity index (χ2v) is 7.85. The van der Waals surface area contributed by atoms with Gasteiger partial charge in [0.05, 0.1) is 5.41 Å². The van der Waals surface area contributed by atoms with E-state index < -0.39 is 5.41 Å². The van der Waals surface area contributed by atoms with Gasteiger partial charge in [0, 0.05) is 12.1 Å². The summed E-state index contributed by atoms with van der Waals surface area (Å²) < 4.78 is 10.9. The number of rotatable bonds is 8. The first-order chi connectivity index (χ1) is 14.6. The molecule has 0 spiro atoms. The highest BCUT2D eigenvalue weighted by Gasteiger charge is 2.51. The fraction of sp³-hybridized carbons (Fsp3) is 0.269. The molecule has 4 nitrogen and oxygen atoms in total. The fourth-order valence-corrected chi connectivity index (χ4v) is 4.06. The Hall–Kier alpha value is -3.11. The van der Waals surface area contributed by atoms with Crippen LogP contribution in [-0.2, 0) is 16.6 Å². The molecule has 0 radical (unpaired) electrons. The predicted octanol–water partition coefficient (Wildman–Crippen LogP) is 4.73. The minimum Gasteiger partial charge on any atom is -0.454 e. The van der Waals surface area contributed by atoms with Crippen molar-refractivity contribution in [2.45, 2.75) is 31.6 Å². The number of ketones is 1. The number of Topliss-reactive ketones (excluding diaryl/α,β-unsaturated/α-hetero) is 1. The van der Waals surface area contributed by atoms with Crippen LogP contribution in [0.1, 0.15) is 36.5 Å². The monoisotopic (exact) mass is 401 g/mol. The third-order valence-corrected chi connectivity index (χ3v) is 5.92. The van der Waals surface area contributed by atoms with Gasteiger partial charge in [-0.3, -0.25) is 4.79 Å². The molecular formula is C26H27NO3. The molecule has 1 aliphatic carbocycles. The molecule has 0 saturated heterocycles. The molecule has 4 rings (SSSR count). The minimum atomic E-state index is -0.477. The molecule has 2 aromatic carbocycles. The van der Waals surface area contributed by atoms with Crippen molar-refractivity contribution >= 4 is 11.4 Å².